The van der Waals surface area contributed by atoms with Crippen molar-refractivity contribution in [2.75, 3.05) is 7.11 Å². The highest BCUT2D eigenvalue weighted by atomic mass is 16.5. The highest BCUT2D eigenvalue weighted by molar-refractivity contribution is 6.00. The number of fused-ring (bicyclic) bond motifs is 1. The van der Waals surface area contributed by atoms with Crippen LogP contribution in [0.4, 0.5) is 0 Å². The van der Waals surface area contributed by atoms with Gasteiger partial charge in [0.1, 0.15) is 17.3 Å². The zero-order chi connectivity index (χ0) is 30.7. The van der Waals surface area contributed by atoms with E-state index in [1.54, 1.807) is 31.4 Å². The molecule has 5 rings (SSSR count). The summed E-state index contributed by atoms with van der Waals surface area (Å²) in [6.07, 6.45) is 6.88. The summed E-state index contributed by atoms with van der Waals surface area (Å²) in [5, 5.41) is 21.4. The van der Waals surface area contributed by atoms with Gasteiger partial charge < -0.3 is 20.7 Å². The molecule has 224 valence electrons. The summed E-state index contributed by atoms with van der Waals surface area (Å²) in [6.45, 7) is 0. The van der Waals surface area contributed by atoms with E-state index in [1.807, 2.05) is 54.6 Å². The van der Waals surface area contributed by atoms with Crippen molar-refractivity contribution in [1.82, 2.24) is 16.0 Å². The average molecular weight is 582 g/mol. The number of hydrogen-bond acceptors (Lipinski definition) is 6. The first-order chi connectivity index (χ1) is 21.0. The van der Waals surface area contributed by atoms with Gasteiger partial charge in [0.15, 0.2) is 0 Å². The van der Waals surface area contributed by atoms with E-state index in [9.17, 15) is 14.4 Å². The van der Waals surface area contributed by atoms with Crippen LogP contribution in [0.3, 0.4) is 0 Å². The standard InChI is InChI=1S/C34H39N3O4.N2/c1-41-30-19-11-16-25-20-21-34(23-28(25)30,37-31(38)26-14-7-3-8-15-26)33(40)36-29(22-24-12-5-2-6-13-24)32(39)35-27-17-9-4-10-18-27;1-2/h2-3,5-8,11-16,19,27,29H,4,9-10,17-18,20-23H2,1H3,(H,35,39)(H,36,40)(H,37,38);/t29-,34-;/m0./s1. The Labute approximate surface area is 252 Å². The van der Waals surface area contributed by atoms with Crippen LogP contribution in [0.15, 0.2) is 78.9 Å². The maximum absolute atomic E-state index is 14.3. The van der Waals surface area contributed by atoms with Crippen LogP contribution >= 0.6 is 0 Å². The largest absolute Gasteiger partial charge is 0.496 e. The van der Waals surface area contributed by atoms with Gasteiger partial charge in [-0.1, -0.05) is 79.9 Å². The third kappa shape index (κ3) is 7.77. The van der Waals surface area contributed by atoms with Crippen LogP contribution in [0.25, 0.3) is 0 Å². The second-order valence-corrected chi connectivity index (χ2v) is 11.2. The number of carbonyl (C=O) groups is 3. The maximum Gasteiger partial charge on any atom is 0.252 e. The predicted molar refractivity (Wildman–Crippen MR) is 162 cm³/mol. The Morgan fingerprint density at radius 3 is 2.26 bits per heavy atom. The van der Waals surface area contributed by atoms with Crippen molar-refractivity contribution in [3.8, 4) is 5.75 Å². The predicted octanol–water partition coefficient (Wildman–Crippen LogP) is 4.56. The molecule has 0 saturated heterocycles. The van der Waals surface area contributed by atoms with Gasteiger partial charge in [-0.05, 0) is 55.0 Å². The van der Waals surface area contributed by atoms with E-state index in [-0.39, 0.29) is 30.2 Å². The van der Waals surface area contributed by atoms with E-state index in [0.29, 0.717) is 30.6 Å². The molecular weight excluding hydrogens is 542 g/mol. The quantitative estimate of drug-likeness (QED) is 0.316. The minimum absolute atomic E-state index is 0.115. The first-order valence-corrected chi connectivity index (χ1v) is 14.8. The van der Waals surface area contributed by atoms with Crippen molar-refractivity contribution < 1.29 is 19.1 Å². The molecule has 43 heavy (non-hydrogen) atoms. The Balaban J connectivity index is 0.00000207. The molecule has 2 aliphatic rings. The summed E-state index contributed by atoms with van der Waals surface area (Å²) in [4.78, 5) is 41.5. The smallest absolute Gasteiger partial charge is 0.252 e. The molecule has 0 unspecified atom stereocenters. The Morgan fingerprint density at radius 1 is 0.907 bits per heavy atom. The Kier molecular flexibility index (Phi) is 10.9. The fourth-order valence-electron chi connectivity index (χ4n) is 6.12. The number of nitrogens with zero attached hydrogens (tertiary/aromatic N) is 2. The molecule has 0 spiro atoms. The number of benzene rings is 3. The van der Waals surface area contributed by atoms with Crippen molar-refractivity contribution in [1.29, 1.82) is 10.8 Å². The van der Waals surface area contributed by atoms with Crippen LogP contribution in [0, 0.1) is 10.8 Å². The topological polar surface area (TPSA) is 144 Å². The van der Waals surface area contributed by atoms with Crippen LogP contribution in [-0.2, 0) is 28.9 Å². The minimum Gasteiger partial charge on any atom is -0.496 e. The SMILES string of the molecule is COc1cccc2c1C[C@](NC(=O)c1ccccc1)(C(=O)N[C@@H](Cc1ccccc1)C(=O)NC1CCCCC1)CC2.N#N. The third-order valence-electron chi connectivity index (χ3n) is 8.43. The lowest BCUT2D eigenvalue weighted by molar-refractivity contribution is -0.133. The molecule has 1 saturated carbocycles. The fourth-order valence-corrected chi connectivity index (χ4v) is 6.12. The molecule has 2 aliphatic carbocycles. The molecule has 3 amide bonds. The number of rotatable bonds is 9. The van der Waals surface area contributed by atoms with Gasteiger partial charge in [0, 0.05) is 40.8 Å². The molecule has 0 aromatic heterocycles. The molecule has 3 N–H and O–H groups in total. The van der Waals surface area contributed by atoms with Crippen LogP contribution in [-0.4, -0.2) is 42.5 Å². The van der Waals surface area contributed by atoms with Crippen molar-refractivity contribution >= 4 is 17.7 Å². The zero-order valence-electron chi connectivity index (χ0n) is 24.6. The lowest BCUT2D eigenvalue weighted by Gasteiger charge is -2.39. The summed E-state index contributed by atoms with van der Waals surface area (Å²) >= 11 is 0. The summed E-state index contributed by atoms with van der Waals surface area (Å²) < 4.78 is 5.65. The van der Waals surface area contributed by atoms with Crippen LogP contribution in [0.2, 0.25) is 0 Å². The third-order valence-corrected chi connectivity index (χ3v) is 8.43. The number of methoxy groups -OCH3 is 1. The number of carbonyl (C=O) groups excluding carboxylic acids is 3. The van der Waals surface area contributed by atoms with Crippen molar-refractivity contribution in [2.45, 2.75) is 75.4 Å². The van der Waals surface area contributed by atoms with Gasteiger partial charge in [-0.2, -0.15) is 0 Å². The fraction of sp³-hybridized carbons (Fsp3) is 0.382. The summed E-state index contributed by atoms with van der Waals surface area (Å²) in [7, 11) is 1.61. The molecule has 0 radical (unpaired) electrons. The van der Waals surface area contributed by atoms with Gasteiger partial charge in [0.2, 0.25) is 11.8 Å². The van der Waals surface area contributed by atoms with Gasteiger partial charge in [-0.25, -0.2) is 0 Å². The number of ether oxygens (including phenoxy) is 1. The molecule has 9 nitrogen and oxygen atoms in total. The Morgan fingerprint density at radius 2 is 1.58 bits per heavy atom. The highest BCUT2D eigenvalue weighted by Crippen LogP contribution is 2.35. The average Bonchev–Trinajstić information content (AvgIpc) is 3.06. The maximum atomic E-state index is 14.3. The van der Waals surface area contributed by atoms with Crippen LogP contribution in [0.5, 0.6) is 5.75 Å². The monoisotopic (exact) mass is 581 g/mol. The summed E-state index contributed by atoms with van der Waals surface area (Å²) in [5.41, 5.74) is 2.17. The van der Waals surface area contributed by atoms with Gasteiger partial charge in [0.25, 0.3) is 5.91 Å². The van der Waals surface area contributed by atoms with Crippen LogP contribution in [0.1, 0.15) is 65.6 Å². The minimum atomic E-state index is -1.26. The molecule has 9 heteroatoms. The second-order valence-electron chi connectivity index (χ2n) is 11.2. The van der Waals surface area contributed by atoms with Crippen molar-refractivity contribution in [3.05, 3.63) is 101 Å². The second kappa shape index (κ2) is 15.0. The van der Waals surface area contributed by atoms with Crippen LogP contribution < -0.4 is 20.7 Å². The Bertz CT molecular complexity index is 1390. The molecule has 0 aliphatic heterocycles. The van der Waals surface area contributed by atoms with Gasteiger partial charge in [-0.15, -0.1) is 0 Å². The van der Waals surface area contributed by atoms with E-state index >= 15 is 0 Å². The zero-order valence-corrected chi connectivity index (χ0v) is 24.6. The molecule has 1 fully saturated rings. The number of hydrogen-bond donors (Lipinski definition) is 3. The number of amides is 3. The lowest BCUT2D eigenvalue weighted by Crippen LogP contribution is -2.64. The normalized spacial score (nSPS) is 18.5. The number of nitrogens with one attached hydrogen (secondary N) is 3. The summed E-state index contributed by atoms with van der Waals surface area (Å²) in [5.74, 6) is -0.194. The van der Waals surface area contributed by atoms with E-state index in [4.69, 9.17) is 15.5 Å². The first kappa shape index (κ1) is 31.2. The highest BCUT2D eigenvalue weighted by Gasteiger charge is 2.45. The summed E-state index contributed by atoms with van der Waals surface area (Å²) in [6, 6.07) is 23.8. The first-order valence-electron chi connectivity index (χ1n) is 14.8. The molecule has 3 aromatic rings. The molecule has 0 bridgehead atoms. The molecule has 0 heterocycles. The van der Waals surface area contributed by atoms with E-state index < -0.39 is 11.6 Å². The Hall–Kier alpha value is -4.71. The van der Waals surface area contributed by atoms with E-state index in [1.165, 1.54) is 6.42 Å². The van der Waals surface area contributed by atoms with Gasteiger partial charge in [-0.3, -0.25) is 14.4 Å². The van der Waals surface area contributed by atoms with E-state index in [2.05, 4.69) is 16.0 Å². The molecule has 2 atom stereocenters. The molecular formula is C34H39N5O4. The van der Waals surface area contributed by atoms with Crippen molar-refractivity contribution in [2.24, 2.45) is 0 Å². The molecule has 3 aromatic carbocycles. The van der Waals surface area contributed by atoms with Gasteiger partial charge in [0.05, 0.1) is 7.11 Å². The van der Waals surface area contributed by atoms with E-state index in [0.717, 1.165) is 42.4 Å². The van der Waals surface area contributed by atoms with Crippen molar-refractivity contribution in [3.63, 3.8) is 0 Å². The van der Waals surface area contributed by atoms with Gasteiger partial charge >= 0.3 is 0 Å². The lowest BCUT2D eigenvalue weighted by atomic mass is 9.76. The number of aryl methyl sites for hydroxylation is 1.